The molecule has 0 aromatic heterocycles. The SMILES string of the molecule is CC(C)CN1CCC(NC2CCCC(C)C2)CC1. The maximum atomic E-state index is 3.94. The zero-order chi connectivity index (χ0) is 13.0. The Kier molecular flexibility index (Phi) is 5.50. The van der Waals surface area contributed by atoms with Crippen LogP contribution in [0.5, 0.6) is 0 Å². The minimum Gasteiger partial charge on any atom is -0.311 e. The number of rotatable bonds is 4. The lowest BCUT2D eigenvalue weighted by Crippen LogP contribution is -2.47. The number of nitrogens with zero attached hydrogens (tertiary/aromatic N) is 1. The summed E-state index contributed by atoms with van der Waals surface area (Å²) in [5.74, 6) is 1.76. The molecule has 106 valence electrons. The van der Waals surface area contributed by atoms with Crippen LogP contribution < -0.4 is 5.32 Å². The molecule has 1 aliphatic carbocycles. The minimum absolute atomic E-state index is 0.795. The van der Waals surface area contributed by atoms with Crippen LogP contribution in [-0.4, -0.2) is 36.6 Å². The van der Waals surface area contributed by atoms with Crippen molar-refractivity contribution >= 4 is 0 Å². The lowest BCUT2D eigenvalue weighted by molar-refractivity contribution is 0.165. The fourth-order valence-corrected chi connectivity index (χ4v) is 3.72. The van der Waals surface area contributed by atoms with E-state index in [1.54, 1.807) is 0 Å². The van der Waals surface area contributed by atoms with E-state index in [1.807, 2.05) is 0 Å². The van der Waals surface area contributed by atoms with Gasteiger partial charge < -0.3 is 10.2 Å². The van der Waals surface area contributed by atoms with E-state index in [0.717, 1.165) is 23.9 Å². The van der Waals surface area contributed by atoms with E-state index in [4.69, 9.17) is 0 Å². The van der Waals surface area contributed by atoms with Gasteiger partial charge in [-0.2, -0.15) is 0 Å². The van der Waals surface area contributed by atoms with Gasteiger partial charge in [0.15, 0.2) is 0 Å². The van der Waals surface area contributed by atoms with Gasteiger partial charge >= 0.3 is 0 Å². The average Bonchev–Trinajstić information content (AvgIpc) is 2.31. The third kappa shape index (κ3) is 4.55. The van der Waals surface area contributed by atoms with Crippen LogP contribution in [0.15, 0.2) is 0 Å². The molecular formula is C16H32N2. The molecule has 0 radical (unpaired) electrons. The maximum Gasteiger partial charge on any atom is 0.00940 e. The molecule has 2 rings (SSSR count). The summed E-state index contributed by atoms with van der Waals surface area (Å²) in [5, 5.41) is 3.94. The molecule has 18 heavy (non-hydrogen) atoms. The average molecular weight is 252 g/mol. The van der Waals surface area contributed by atoms with Crippen molar-refractivity contribution < 1.29 is 0 Å². The van der Waals surface area contributed by atoms with E-state index in [9.17, 15) is 0 Å². The number of hydrogen-bond donors (Lipinski definition) is 1. The molecule has 1 N–H and O–H groups in total. The largest absolute Gasteiger partial charge is 0.311 e. The van der Waals surface area contributed by atoms with Gasteiger partial charge in [0.2, 0.25) is 0 Å². The van der Waals surface area contributed by atoms with Crippen molar-refractivity contribution in [2.75, 3.05) is 19.6 Å². The highest BCUT2D eigenvalue weighted by Crippen LogP contribution is 2.25. The van der Waals surface area contributed by atoms with Crippen molar-refractivity contribution in [3.05, 3.63) is 0 Å². The molecule has 0 amide bonds. The zero-order valence-electron chi connectivity index (χ0n) is 12.6. The number of likely N-dealkylation sites (tertiary alicyclic amines) is 1. The molecule has 0 aromatic rings. The van der Waals surface area contributed by atoms with Gasteiger partial charge in [0.05, 0.1) is 0 Å². The van der Waals surface area contributed by atoms with Gasteiger partial charge in [-0.3, -0.25) is 0 Å². The number of piperidine rings is 1. The summed E-state index contributed by atoms with van der Waals surface area (Å²) in [6, 6.07) is 1.61. The highest BCUT2D eigenvalue weighted by Gasteiger charge is 2.24. The Hall–Kier alpha value is -0.0800. The molecule has 2 nitrogen and oxygen atoms in total. The second kappa shape index (κ2) is 6.91. The minimum atomic E-state index is 0.795. The zero-order valence-corrected chi connectivity index (χ0v) is 12.6. The van der Waals surface area contributed by atoms with E-state index >= 15 is 0 Å². The Morgan fingerprint density at radius 3 is 2.39 bits per heavy atom. The fraction of sp³-hybridized carbons (Fsp3) is 1.00. The predicted octanol–water partition coefficient (Wildman–Crippen LogP) is 3.28. The molecule has 2 fully saturated rings. The molecule has 1 saturated carbocycles. The molecule has 0 bridgehead atoms. The van der Waals surface area contributed by atoms with Crippen LogP contribution in [-0.2, 0) is 0 Å². The normalized spacial score (nSPS) is 32.0. The van der Waals surface area contributed by atoms with Gasteiger partial charge in [0, 0.05) is 18.6 Å². The van der Waals surface area contributed by atoms with Crippen LogP contribution in [0.4, 0.5) is 0 Å². The summed E-state index contributed by atoms with van der Waals surface area (Å²) in [6.07, 6.45) is 8.42. The monoisotopic (exact) mass is 252 g/mol. The van der Waals surface area contributed by atoms with Gasteiger partial charge in [-0.1, -0.05) is 33.6 Å². The van der Waals surface area contributed by atoms with Crippen molar-refractivity contribution in [1.29, 1.82) is 0 Å². The first-order valence-electron chi connectivity index (χ1n) is 8.12. The Bertz CT molecular complexity index is 231. The summed E-state index contributed by atoms with van der Waals surface area (Å²) in [4.78, 5) is 2.65. The Labute approximate surface area is 114 Å². The Morgan fingerprint density at radius 1 is 1.06 bits per heavy atom. The van der Waals surface area contributed by atoms with Crippen LogP contribution in [0.3, 0.4) is 0 Å². The predicted molar refractivity (Wildman–Crippen MR) is 78.9 cm³/mol. The number of hydrogen-bond acceptors (Lipinski definition) is 2. The first-order chi connectivity index (χ1) is 8.63. The smallest absolute Gasteiger partial charge is 0.00940 e. The molecule has 2 aliphatic rings. The highest BCUT2D eigenvalue weighted by molar-refractivity contribution is 4.83. The quantitative estimate of drug-likeness (QED) is 0.826. The van der Waals surface area contributed by atoms with Gasteiger partial charge in [-0.25, -0.2) is 0 Å². The van der Waals surface area contributed by atoms with Crippen molar-refractivity contribution in [3.8, 4) is 0 Å². The van der Waals surface area contributed by atoms with Crippen LogP contribution in [0.2, 0.25) is 0 Å². The first-order valence-corrected chi connectivity index (χ1v) is 8.12. The lowest BCUT2D eigenvalue weighted by atomic mass is 9.86. The Balaban J connectivity index is 1.66. The molecule has 2 heteroatoms. The van der Waals surface area contributed by atoms with E-state index in [0.29, 0.717) is 0 Å². The molecule has 2 unspecified atom stereocenters. The lowest BCUT2D eigenvalue weighted by Gasteiger charge is -2.37. The van der Waals surface area contributed by atoms with Crippen molar-refractivity contribution in [2.45, 2.75) is 71.4 Å². The third-order valence-corrected chi connectivity index (χ3v) is 4.62. The molecule has 0 spiro atoms. The van der Waals surface area contributed by atoms with E-state index < -0.39 is 0 Å². The summed E-state index contributed by atoms with van der Waals surface area (Å²) in [5.41, 5.74) is 0. The molecule has 1 heterocycles. The summed E-state index contributed by atoms with van der Waals surface area (Å²) >= 11 is 0. The summed E-state index contributed by atoms with van der Waals surface area (Å²) in [6.45, 7) is 11.0. The van der Waals surface area contributed by atoms with Crippen LogP contribution in [0, 0.1) is 11.8 Å². The number of nitrogens with one attached hydrogen (secondary N) is 1. The van der Waals surface area contributed by atoms with Gasteiger partial charge in [0.25, 0.3) is 0 Å². The Morgan fingerprint density at radius 2 is 1.78 bits per heavy atom. The van der Waals surface area contributed by atoms with Crippen molar-refractivity contribution in [3.63, 3.8) is 0 Å². The molecule has 1 saturated heterocycles. The van der Waals surface area contributed by atoms with E-state index in [1.165, 1.54) is 58.2 Å². The molecular weight excluding hydrogens is 220 g/mol. The van der Waals surface area contributed by atoms with Crippen LogP contribution in [0.1, 0.15) is 59.3 Å². The first kappa shape index (κ1) is 14.3. The van der Waals surface area contributed by atoms with E-state index in [2.05, 4.69) is 31.0 Å². The van der Waals surface area contributed by atoms with Crippen molar-refractivity contribution in [1.82, 2.24) is 10.2 Å². The van der Waals surface area contributed by atoms with Gasteiger partial charge in [-0.15, -0.1) is 0 Å². The molecule has 0 aromatic carbocycles. The maximum absolute atomic E-state index is 3.94. The van der Waals surface area contributed by atoms with Crippen LogP contribution in [0.25, 0.3) is 0 Å². The highest BCUT2D eigenvalue weighted by atomic mass is 15.1. The van der Waals surface area contributed by atoms with Gasteiger partial charge in [-0.05, 0) is 50.6 Å². The standard InChI is InChI=1S/C16H32N2/c1-13(2)12-18-9-7-15(8-10-18)17-16-6-4-5-14(3)11-16/h13-17H,4-12H2,1-3H3. The van der Waals surface area contributed by atoms with Gasteiger partial charge in [0.1, 0.15) is 0 Å². The summed E-state index contributed by atoms with van der Waals surface area (Å²) in [7, 11) is 0. The second-order valence-corrected chi connectivity index (χ2v) is 7.10. The van der Waals surface area contributed by atoms with E-state index in [-0.39, 0.29) is 0 Å². The van der Waals surface area contributed by atoms with Crippen LogP contribution >= 0.6 is 0 Å². The topological polar surface area (TPSA) is 15.3 Å². The molecule has 1 aliphatic heterocycles. The fourth-order valence-electron chi connectivity index (χ4n) is 3.72. The molecule has 2 atom stereocenters. The van der Waals surface area contributed by atoms with Crippen molar-refractivity contribution in [2.24, 2.45) is 11.8 Å². The second-order valence-electron chi connectivity index (χ2n) is 7.10. The third-order valence-electron chi connectivity index (χ3n) is 4.62. The summed E-state index contributed by atoms with van der Waals surface area (Å²) < 4.78 is 0.